The molecule has 0 spiro atoms. The molecule has 2 heterocycles. The molecule has 6 nitrogen and oxygen atoms in total. The topological polar surface area (TPSA) is 71.9 Å². The zero-order chi connectivity index (χ0) is 15.5. The number of esters is 1. The van der Waals surface area contributed by atoms with Crippen molar-refractivity contribution in [2.45, 2.75) is 32.1 Å². The lowest BCUT2D eigenvalue weighted by Crippen LogP contribution is -2.53. The van der Waals surface area contributed by atoms with Crippen LogP contribution in [0.5, 0.6) is 0 Å². The van der Waals surface area contributed by atoms with Crippen molar-refractivity contribution in [2.24, 2.45) is 0 Å². The Bertz CT molecular complexity index is 487. The minimum atomic E-state index is -0.387. The first kappa shape index (κ1) is 15.9. The zero-order valence-electron chi connectivity index (χ0n) is 12.7. The third-order valence-electron chi connectivity index (χ3n) is 3.39. The smallest absolute Gasteiger partial charge is 0.339 e. The summed E-state index contributed by atoms with van der Waals surface area (Å²) in [7, 11) is 1.35. The van der Waals surface area contributed by atoms with Crippen LogP contribution in [0.4, 0.5) is 0 Å². The first-order chi connectivity index (χ1) is 9.93. The second kappa shape index (κ2) is 6.51. The number of ether oxygens (including phenoxy) is 2. The van der Waals surface area contributed by atoms with Crippen LogP contribution in [0.3, 0.4) is 0 Å². The number of nitrogens with zero attached hydrogens (tertiary/aromatic N) is 2. The Morgan fingerprint density at radius 1 is 1.57 bits per heavy atom. The minimum absolute atomic E-state index is 0.00857. The average Bonchev–Trinajstić information content (AvgIpc) is 2.45. The summed E-state index contributed by atoms with van der Waals surface area (Å²) >= 11 is 0. The molecule has 0 radical (unpaired) electrons. The Balaban J connectivity index is 2.02. The number of pyridine rings is 1. The van der Waals surface area contributed by atoms with Gasteiger partial charge >= 0.3 is 5.97 Å². The number of aromatic nitrogens is 1. The molecule has 0 aliphatic carbocycles. The second-order valence-corrected chi connectivity index (χ2v) is 5.88. The molecule has 1 N–H and O–H groups in total. The molecule has 1 aliphatic heterocycles. The van der Waals surface area contributed by atoms with Crippen molar-refractivity contribution in [3.8, 4) is 0 Å². The molecule has 116 valence electrons. The number of carbonyl (C=O) groups is 1. The SMILES string of the molecule is COC(=O)c1ccc(CN2CC(CO)OC(C)(C)C2)nc1. The van der Waals surface area contributed by atoms with Gasteiger partial charge in [-0.1, -0.05) is 0 Å². The summed E-state index contributed by atoms with van der Waals surface area (Å²) in [4.78, 5) is 17.9. The van der Waals surface area contributed by atoms with E-state index in [1.165, 1.54) is 13.3 Å². The Kier molecular flexibility index (Phi) is 4.92. The summed E-state index contributed by atoms with van der Waals surface area (Å²) in [5, 5.41) is 9.31. The van der Waals surface area contributed by atoms with Crippen molar-refractivity contribution in [2.75, 3.05) is 26.8 Å². The number of rotatable bonds is 4. The van der Waals surface area contributed by atoms with E-state index < -0.39 is 0 Å². The molecule has 1 fully saturated rings. The van der Waals surface area contributed by atoms with Gasteiger partial charge in [0.05, 0.1) is 36.7 Å². The van der Waals surface area contributed by atoms with E-state index in [0.29, 0.717) is 18.7 Å². The summed E-state index contributed by atoms with van der Waals surface area (Å²) in [5.41, 5.74) is 1.02. The maximum atomic E-state index is 11.4. The standard InChI is InChI=1S/C15H22N2O4/c1-15(2)10-17(8-13(9-18)21-15)7-12-5-4-11(6-16-12)14(19)20-3/h4-6,13,18H,7-10H2,1-3H3. The second-order valence-electron chi connectivity index (χ2n) is 5.88. The van der Waals surface area contributed by atoms with Crippen LogP contribution in [0.15, 0.2) is 18.3 Å². The molecule has 1 atom stereocenters. The van der Waals surface area contributed by atoms with Crippen molar-refractivity contribution in [3.63, 3.8) is 0 Å². The van der Waals surface area contributed by atoms with Crippen LogP contribution in [0, 0.1) is 0 Å². The van der Waals surface area contributed by atoms with Crippen LogP contribution in [0.25, 0.3) is 0 Å². The molecule has 6 heteroatoms. The highest BCUT2D eigenvalue weighted by Crippen LogP contribution is 2.22. The van der Waals surface area contributed by atoms with Gasteiger partial charge in [0.1, 0.15) is 0 Å². The molecule has 1 aromatic rings. The van der Waals surface area contributed by atoms with E-state index >= 15 is 0 Å². The van der Waals surface area contributed by atoms with Gasteiger partial charge in [-0.15, -0.1) is 0 Å². The zero-order valence-corrected chi connectivity index (χ0v) is 12.7. The predicted molar refractivity (Wildman–Crippen MR) is 76.9 cm³/mol. The Morgan fingerprint density at radius 3 is 2.90 bits per heavy atom. The van der Waals surface area contributed by atoms with Gasteiger partial charge in [-0.05, 0) is 26.0 Å². The molecule has 0 amide bonds. The summed E-state index contributed by atoms with van der Waals surface area (Å²) in [6.07, 6.45) is 1.35. The fraction of sp³-hybridized carbons (Fsp3) is 0.600. The normalized spacial score (nSPS) is 22.0. The van der Waals surface area contributed by atoms with Gasteiger partial charge in [-0.25, -0.2) is 4.79 Å². The quantitative estimate of drug-likeness (QED) is 0.830. The fourth-order valence-electron chi connectivity index (χ4n) is 2.62. The van der Waals surface area contributed by atoms with Crippen molar-refractivity contribution in [1.82, 2.24) is 9.88 Å². The molecular formula is C15H22N2O4. The number of aliphatic hydroxyl groups excluding tert-OH is 1. The van der Waals surface area contributed by atoms with Gasteiger partial charge in [0.25, 0.3) is 0 Å². The average molecular weight is 294 g/mol. The van der Waals surface area contributed by atoms with Crippen molar-refractivity contribution < 1.29 is 19.4 Å². The molecule has 0 saturated carbocycles. The lowest BCUT2D eigenvalue weighted by Gasteiger charge is -2.42. The van der Waals surface area contributed by atoms with Crippen LogP contribution < -0.4 is 0 Å². The van der Waals surface area contributed by atoms with Crippen LogP contribution in [-0.4, -0.2) is 59.5 Å². The van der Waals surface area contributed by atoms with E-state index in [1.807, 2.05) is 19.9 Å². The number of hydrogen-bond acceptors (Lipinski definition) is 6. The maximum absolute atomic E-state index is 11.4. The van der Waals surface area contributed by atoms with Crippen LogP contribution in [0.2, 0.25) is 0 Å². The van der Waals surface area contributed by atoms with Crippen molar-refractivity contribution >= 4 is 5.97 Å². The van der Waals surface area contributed by atoms with Crippen molar-refractivity contribution in [3.05, 3.63) is 29.6 Å². The van der Waals surface area contributed by atoms with Crippen LogP contribution in [-0.2, 0) is 16.0 Å². The third-order valence-corrected chi connectivity index (χ3v) is 3.39. The molecule has 21 heavy (non-hydrogen) atoms. The molecule has 1 saturated heterocycles. The first-order valence-corrected chi connectivity index (χ1v) is 6.98. The van der Waals surface area contributed by atoms with E-state index in [1.54, 1.807) is 6.07 Å². The predicted octanol–water partition coefficient (Wildman–Crippen LogP) is 0.840. The lowest BCUT2D eigenvalue weighted by atomic mass is 10.0. The van der Waals surface area contributed by atoms with Gasteiger partial charge in [0.15, 0.2) is 0 Å². The monoisotopic (exact) mass is 294 g/mol. The summed E-state index contributed by atoms with van der Waals surface area (Å²) < 4.78 is 10.4. The van der Waals surface area contributed by atoms with Gasteiger partial charge in [0.2, 0.25) is 0 Å². The van der Waals surface area contributed by atoms with Crippen molar-refractivity contribution in [1.29, 1.82) is 0 Å². The largest absolute Gasteiger partial charge is 0.465 e. The Labute approximate surface area is 124 Å². The molecule has 1 unspecified atom stereocenters. The minimum Gasteiger partial charge on any atom is -0.465 e. The fourth-order valence-corrected chi connectivity index (χ4v) is 2.62. The number of morpholine rings is 1. The van der Waals surface area contributed by atoms with Gasteiger partial charge in [-0.3, -0.25) is 9.88 Å². The van der Waals surface area contributed by atoms with Crippen LogP contribution >= 0.6 is 0 Å². The van der Waals surface area contributed by atoms with Gasteiger partial charge in [0, 0.05) is 25.8 Å². The summed E-state index contributed by atoms with van der Waals surface area (Å²) in [5.74, 6) is -0.387. The molecule has 0 bridgehead atoms. The highest BCUT2D eigenvalue weighted by molar-refractivity contribution is 5.88. The van der Waals surface area contributed by atoms with E-state index in [-0.39, 0.29) is 24.3 Å². The highest BCUT2D eigenvalue weighted by atomic mass is 16.5. The number of hydrogen-bond donors (Lipinski definition) is 1. The molecule has 2 rings (SSSR count). The molecule has 0 aromatic carbocycles. The number of aliphatic hydroxyl groups is 1. The maximum Gasteiger partial charge on any atom is 0.339 e. The number of carbonyl (C=O) groups excluding carboxylic acids is 1. The molecule has 1 aliphatic rings. The van der Waals surface area contributed by atoms with Gasteiger partial charge in [-0.2, -0.15) is 0 Å². The lowest BCUT2D eigenvalue weighted by molar-refractivity contribution is -0.150. The highest BCUT2D eigenvalue weighted by Gasteiger charge is 2.33. The van der Waals surface area contributed by atoms with Gasteiger partial charge < -0.3 is 14.6 Å². The third kappa shape index (κ3) is 4.23. The first-order valence-electron chi connectivity index (χ1n) is 6.98. The Morgan fingerprint density at radius 2 is 2.33 bits per heavy atom. The summed E-state index contributed by atoms with van der Waals surface area (Å²) in [6.45, 7) is 6.12. The van der Waals surface area contributed by atoms with E-state index in [2.05, 4.69) is 14.6 Å². The van der Waals surface area contributed by atoms with E-state index in [9.17, 15) is 9.90 Å². The van der Waals surface area contributed by atoms with Crippen LogP contribution in [0.1, 0.15) is 29.9 Å². The van der Waals surface area contributed by atoms with E-state index in [4.69, 9.17) is 4.74 Å². The summed E-state index contributed by atoms with van der Waals surface area (Å²) in [6, 6.07) is 3.53. The Hall–Kier alpha value is -1.50. The molecular weight excluding hydrogens is 272 g/mol. The molecule has 1 aromatic heterocycles. The number of methoxy groups -OCH3 is 1. The van der Waals surface area contributed by atoms with E-state index in [0.717, 1.165) is 12.2 Å².